The SMILES string of the molecule is COc1ccc([C@@]23C(=O)N(Nc4ccc(Cl)cc4Cl)C(=O)[C@@H]2C[C@@H]2C(=CC[C@@H]4C(=O)N(Cc5cccs5)C(=O)[C@@H]42)[C@@H]3c2cc(I)c(O)c(OC)c2)cc1. The number of phenolic OH excluding ortho intramolecular Hbond substituents is 1. The van der Waals surface area contributed by atoms with Gasteiger partial charge in [0.25, 0.3) is 11.8 Å². The number of halogens is 3. The normalized spacial score (nSPS) is 26.3. The molecule has 10 nitrogen and oxygen atoms in total. The first-order valence-electron chi connectivity index (χ1n) is 16.9. The van der Waals surface area contributed by atoms with Crippen molar-refractivity contribution in [3.63, 3.8) is 0 Å². The van der Waals surface area contributed by atoms with E-state index in [2.05, 4.69) is 5.43 Å². The minimum Gasteiger partial charge on any atom is -0.504 e. The number of fused-ring (bicyclic) bond motifs is 4. The number of carbonyl (C=O) groups is 4. The smallest absolute Gasteiger partial charge is 0.260 e. The van der Waals surface area contributed by atoms with Crippen molar-refractivity contribution in [3.05, 3.63) is 113 Å². The van der Waals surface area contributed by atoms with Crippen LogP contribution in [0.3, 0.4) is 0 Å². The molecule has 6 atom stereocenters. The topological polar surface area (TPSA) is 125 Å². The number of likely N-dealkylation sites (tertiary alicyclic amines) is 1. The molecule has 0 radical (unpaired) electrons. The Morgan fingerprint density at radius 2 is 1.74 bits per heavy atom. The first-order valence-corrected chi connectivity index (χ1v) is 19.6. The minimum atomic E-state index is -1.54. The fraction of sp³-hybridized carbons (Fsp3) is 0.282. The van der Waals surface area contributed by atoms with Crippen LogP contribution in [0.4, 0.5) is 5.69 Å². The van der Waals surface area contributed by atoms with E-state index in [4.69, 9.17) is 32.7 Å². The van der Waals surface area contributed by atoms with Crippen molar-refractivity contribution in [2.75, 3.05) is 19.6 Å². The van der Waals surface area contributed by atoms with Gasteiger partial charge in [0, 0.05) is 15.8 Å². The summed E-state index contributed by atoms with van der Waals surface area (Å²) < 4.78 is 11.6. The number of aromatic hydroxyl groups is 1. The molecule has 53 heavy (non-hydrogen) atoms. The summed E-state index contributed by atoms with van der Waals surface area (Å²) in [5.41, 5.74) is 3.72. The molecule has 2 aliphatic carbocycles. The fourth-order valence-electron chi connectivity index (χ4n) is 8.91. The van der Waals surface area contributed by atoms with Crippen LogP contribution in [0.25, 0.3) is 0 Å². The molecule has 272 valence electrons. The summed E-state index contributed by atoms with van der Waals surface area (Å²) in [5.74, 6) is -4.53. The van der Waals surface area contributed by atoms with Gasteiger partial charge in [-0.1, -0.05) is 53.1 Å². The maximum atomic E-state index is 15.5. The second-order valence-corrected chi connectivity index (χ2v) is 16.6. The van der Waals surface area contributed by atoms with Crippen molar-refractivity contribution in [2.45, 2.75) is 30.7 Å². The standard InChI is InChI=1S/C39H32Cl2IN3O7S/c1-51-22-8-5-20(6-9-22)39-27(36(48)45(38(39)50)43-30-12-7-21(40)16-28(30)41)17-26-24(33(39)19-14-29(42)34(46)31(15-19)52-2)10-11-25-32(26)37(49)44(35(25)47)18-23-4-3-13-53-23/h3-10,12-16,25-27,32-33,43,46H,11,17-18H2,1-2H3/t25-,26+,27-,32-,33-,39+/m0/s1. The molecular formula is C39H32Cl2IN3O7S. The van der Waals surface area contributed by atoms with Crippen molar-refractivity contribution in [1.29, 1.82) is 0 Å². The highest BCUT2D eigenvalue weighted by molar-refractivity contribution is 14.1. The lowest BCUT2D eigenvalue weighted by molar-refractivity contribution is -0.141. The molecule has 2 aliphatic heterocycles. The lowest BCUT2D eigenvalue weighted by atomic mass is 9.49. The van der Waals surface area contributed by atoms with Crippen LogP contribution in [-0.2, 0) is 31.1 Å². The van der Waals surface area contributed by atoms with Crippen molar-refractivity contribution < 1.29 is 33.8 Å². The van der Waals surface area contributed by atoms with Gasteiger partial charge in [0.1, 0.15) is 5.75 Å². The van der Waals surface area contributed by atoms with E-state index in [0.717, 1.165) is 15.5 Å². The molecule has 0 unspecified atom stereocenters. The number of nitrogens with zero attached hydrogens (tertiary/aromatic N) is 2. The van der Waals surface area contributed by atoms with Crippen molar-refractivity contribution in [1.82, 2.24) is 9.91 Å². The number of hydrazine groups is 1. The van der Waals surface area contributed by atoms with Crippen LogP contribution in [0.1, 0.15) is 34.8 Å². The van der Waals surface area contributed by atoms with Crippen LogP contribution in [0, 0.1) is 27.2 Å². The van der Waals surface area contributed by atoms with Crippen LogP contribution in [-0.4, -0.2) is 52.9 Å². The minimum absolute atomic E-state index is 0.0628. The molecule has 3 aromatic carbocycles. The Hall–Kier alpha value is -4.11. The number of phenols is 1. The average molecular weight is 885 g/mol. The largest absolute Gasteiger partial charge is 0.504 e. The van der Waals surface area contributed by atoms with Crippen LogP contribution >= 0.6 is 57.1 Å². The summed E-state index contributed by atoms with van der Waals surface area (Å²) in [5, 5.41) is 14.5. The Balaban J connectivity index is 1.34. The molecule has 1 aromatic heterocycles. The van der Waals surface area contributed by atoms with Crippen molar-refractivity contribution in [3.8, 4) is 17.2 Å². The second-order valence-electron chi connectivity index (χ2n) is 13.6. The third-order valence-electron chi connectivity index (χ3n) is 11.2. The molecule has 8 rings (SSSR count). The Morgan fingerprint density at radius 1 is 0.962 bits per heavy atom. The van der Waals surface area contributed by atoms with Gasteiger partial charge >= 0.3 is 0 Å². The number of hydrogen-bond acceptors (Lipinski definition) is 9. The number of ether oxygens (including phenoxy) is 2. The van der Waals surface area contributed by atoms with E-state index in [-0.39, 0.29) is 41.3 Å². The Labute approximate surface area is 332 Å². The first-order chi connectivity index (χ1) is 25.5. The Kier molecular flexibility index (Phi) is 9.23. The zero-order valence-corrected chi connectivity index (χ0v) is 32.8. The van der Waals surface area contributed by atoms with Gasteiger partial charge in [0.05, 0.1) is 58.2 Å². The van der Waals surface area contributed by atoms with E-state index in [9.17, 15) is 19.5 Å². The summed E-state index contributed by atoms with van der Waals surface area (Å²) in [6.07, 6.45) is 2.41. The third kappa shape index (κ3) is 5.54. The van der Waals surface area contributed by atoms with Gasteiger partial charge in [-0.05, 0) is 106 Å². The number of benzene rings is 3. The maximum absolute atomic E-state index is 15.5. The molecule has 2 saturated heterocycles. The van der Waals surface area contributed by atoms with Crippen molar-refractivity contribution in [2.24, 2.45) is 23.7 Å². The van der Waals surface area contributed by atoms with E-state index < -0.39 is 46.8 Å². The van der Waals surface area contributed by atoms with Gasteiger partial charge < -0.3 is 14.6 Å². The van der Waals surface area contributed by atoms with E-state index in [1.54, 1.807) is 55.6 Å². The number of nitrogens with one attached hydrogen (secondary N) is 1. The fourth-order valence-corrected chi connectivity index (χ4v) is 10.7. The van der Waals surface area contributed by atoms with Gasteiger partial charge in [-0.2, -0.15) is 5.01 Å². The van der Waals surface area contributed by atoms with Crippen LogP contribution in [0.2, 0.25) is 10.0 Å². The van der Waals surface area contributed by atoms with E-state index >= 15 is 4.79 Å². The van der Waals surface area contributed by atoms with E-state index in [1.165, 1.54) is 29.4 Å². The number of amides is 4. The molecular weight excluding hydrogens is 852 g/mol. The summed E-state index contributed by atoms with van der Waals surface area (Å²) in [7, 11) is 2.99. The number of methoxy groups -OCH3 is 2. The van der Waals surface area contributed by atoms with Crippen LogP contribution < -0.4 is 14.9 Å². The van der Waals surface area contributed by atoms with Gasteiger partial charge in [-0.3, -0.25) is 29.5 Å². The molecule has 2 N–H and O–H groups in total. The number of hydrogen-bond donors (Lipinski definition) is 2. The van der Waals surface area contributed by atoms with E-state index in [1.807, 2.05) is 46.2 Å². The molecule has 4 aliphatic rings. The number of rotatable bonds is 8. The number of imide groups is 2. The van der Waals surface area contributed by atoms with Crippen LogP contribution in [0.5, 0.6) is 17.2 Å². The summed E-state index contributed by atoms with van der Waals surface area (Å²) >= 11 is 16.2. The van der Waals surface area contributed by atoms with Gasteiger partial charge in [0.2, 0.25) is 11.8 Å². The molecule has 0 spiro atoms. The highest BCUT2D eigenvalue weighted by Gasteiger charge is 2.70. The second kappa shape index (κ2) is 13.6. The van der Waals surface area contributed by atoms with Gasteiger partial charge in [-0.25, -0.2) is 0 Å². The summed E-state index contributed by atoms with van der Waals surface area (Å²) in [6.45, 7) is 0.178. The van der Waals surface area contributed by atoms with Crippen molar-refractivity contribution >= 4 is 86.4 Å². The molecule has 14 heteroatoms. The summed E-state index contributed by atoms with van der Waals surface area (Å²) in [6, 6.07) is 19.1. The molecule has 0 bridgehead atoms. The zero-order chi connectivity index (χ0) is 37.3. The predicted octanol–water partition coefficient (Wildman–Crippen LogP) is 7.57. The quantitative estimate of drug-likeness (QED) is 0.106. The average Bonchev–Trinajstić information content (AvgIpc) is 3.82. The highest BCUT2D eigenvalue weighted by Crippen LogP contribution is 2.64. The number of carbonyl (C=O) groups excluding carboxylic acids is 4. The highest BCUT2D eigenvalue weighted by atomic mass is 127. The lowest BCUT2D eigenvalue weighted by Gasteiger charge is -2.50. The van der Waals surface area contributed by atoms with E-state index in [0.29, 0.717) is 37.6 Å². The molecule has 4 aromatic rings. The lowest BCUT2D eigenvalue weighted by Crippen LogP contribution is -2.53. The molecule has 3 heterocycles. The first kappa shape index (κ1) is 35.9. The molecule has 4 amide bonds. The Bertz CT molecular complexity index is 2210. The molecule has 1 saturated carbocycles. The maximum Gasteiger partial charge on any atom is 0.260 e. The van der Waals surface area contributed by atoms with Gasteiger partial charge in [0.15, 0.2) is 11.5 Å². The monoisotopic (exact) mass is 883 g/mol. The number of allylic oxidation sites excluding steroid dienone is 2. The molecule has 3 fully saturated rings. The zero-order valence-electron chi connectivity index (χ0n) is 28.3. The van der Waals surface area contributed by atoms with Crippen LogP contribution in [0.15, 0.2) is 83.8 Å². The predicted molar refractivity (Wildman–Crippen MR) is 208 cm³/mol. The third-order valence-corrected chi connectivity index (χ3v) is 13.4. The number of anilines is 1. The van der Waals surface area contributed by atoms with Gasteiger partial charge in [-0.15, -0.1) is 11.3 Å². The summed E-state index contributed by atoms with van der Waals surface area (Å²) in [4.78, 5) is 61.0. The Morgan fingerprint density at radius 3 is 2.42 bits per heavy atom. The number of thiophene rings is 1.